The summed E-state index contributed by atoms with van der Waals surface area (Å²) in [5, 5.41) is 9.53. The maximum Gasteiger partial charge on any atom is 0.213 e. The number of hydrogen-bond donors (Lipinski definition) is 1. The van der Waals surface area contributed by atoms with E-state index >= 15 is 0 Å². The molecule has 1 aliphatic rings. The molecular formula is C17H19NO2. The smallest absolute Gasteiger partial charge is 0.213 e. The molecule has 0 unspecified atom stereocenters. The van der Waals surface area contributed by atoms with Gasteiger partial charge in [0.25, 0.3) is 0 Å². The Morgan fingerprint density at radius 2 is 2.00 bits per heavy atom. The minimum Gasteiger partial charge on any atom is -0.473 e. The van der Waals surface area contributed by atoms with Gasteiger partial charge in [-0.05, 0) is 36.0 Å². The summed E-state index contributed by atoms with van der Waals surface area (Å²) in [6.07, 6.45) is 4.20. The van der Waals surface area contributed by atoms with E-state index in [0.717, 1.165) is 11.1 Å². The number of ether oxygens (including phenoxy) is 1. The van der Waals surface area contributed by atoms with E-state index in [1.165, 1.54) is 12.8 Å². The van der Waals surface area contributed by atoms with Crippen molar-refractivity contribution in [3.63, 3.8) is 0 Å². The van der Waals surface area contributed by atoms with E-state index in [1.54, 1.807) is 6.20 Å². The largest absolute Gasteiger partial charge is 0.473 e. The first-order valence-electron chi connectivity index (χ1n) is 7.10. The highest BCUT2D eigenvalue weighted by atomic mass is 16.5. The number of hydrogen-bond acceptors (Lipinski definition) is 3. The molecule has 0 spiro atoms. The van der Waals surface area contributed by atoms with Gasteiger partial charge in [0.1, 0.15) is 6.61 Å². The molecular weight excluding hydrogens is 250 g/mol. The maximum absolute atomic E-state index is 9.53. The van der Waals surface area contributed by atoms with Crippen molar-refractivity contribution in [3.8, 4) is 5.88 Å². The summed E-state index contributed by atoms with van der Waals surface area (Å²) in [4.78, 5) is 4.25. The molecule has 0 bridgehead atoms. The zero-order valence-corrected chi connectivity index (χ0v) is 11.4. The standard InChI is InChI=1S/C17H19NO2/c19-11-16(14-6-7-14)15-8-9-18-17(10-15)20-12-13-4-2-1-3-5-13/h1-5,8-10,14,16,19H,6-7,11-12H2/t16-/m0/s1. The number of rotatable bonds is 6. The van der Waals surface area contributed by atoms with Crippen molar-refractivity contribution in [3.05, 3.63) is 59.8 Å². The van der Waals surface area contributed by atoms with Crippen LogP contribution in [0.15, 0.2) is 48.7 Å². The van der Waals surface area contributed by atoms with Gasteiger partial charge in [-0.15, -0.1) is 0 Å². The van der Waals surface area contributed by atoms with Gasteiger partial charge in [-0.3, -0.25) is 0 Å². The van der Waals surface area contributed by atoms with E-state index in [2.05, 4.69) is 4.98 Å². The van der Waals surface area contributed by atoms with E-state index in [9.17, 15) is 5.11 Å². The number of aromatic nitrogens is 1. The van der Waals surface area contributed by atoms with Gasteiger partial charge >= 0.3 is 0 Å². The van der Waals surface area contributed by atoms with Crippen LogP contribution < -0.4 is 4.74 Å². The van der Waals surface area contributed by atoms with Crippen LogP contribution in [0.1, 0.15) is 29.9 Å². The van der Waals surface area contributed by atoms with Crippen LogP contribution in [-0.4, -0.2) is 16.7 Å². The quantitative estimate of drug-likeness (QED) is 0.876. The van der Waals surface area contributed by atoms with E-state index in [-0.39, 0.29) is 12.5 Å². The monoisotopic (exact) mass is 269 g/mol. The van der Waals surface area contributed by atoms with Crippen LogP contribution in [0.4, 0.5) is 0 Å². The zero-order valence-electron chi connectivity index (χ0n) is 11.4. The predicted molar refractivity (Wildman–Crippen MR) is 77.6 cm³/mol. The molecule has 0 saturated heterocycles. The fourth-order valence-corrected chi connectivity index (χ4v) is 2.49. The molecule has 3 nitrogen and oxygen atoms in total. The molecule has 1 fully saturated rings. The van der Waals surface area contributed by atoms with E-state index < -0.39 is 0 Å². The Labute approximate surface area is 119 Å². The topological polar surface area (TPSA) is 42.4 Å². The molecule has 20 heavy (non-hydrogen) atoms. The molecule has 104 valence electrons. The number of nitrogens with zero attached hydrogens (tertiary/aromatic N) is 1. The minimum absolute atomic E-state index is 0.201. The van der Waals surface area contributed by atoms with Gasteiger partial charge in [0.2, 0.25) is 5.88 Å². The lowest BCUT2D eigenvalue weighted by atomic mass is 9.96. The van der Waals surface area contributed by atoms with Crippen molar-refractivity contribution in [1.82, 2.24) is 4.98 Å². The van der Waals surface area contributed by atoms with Gasteiger partial charge in [-0.2, -0.15) is 0 Å². The molecule has 1 aromatic carbocycles. The van der Waals surface area contributed by atoms with Crippen molar-refractivity contribution in [1.29, 1.82) is 0 Å². The third kappa shape index (κ3) is 3.17. The average molecular weight is 269 g/mol. The second-order valence-corrected chi connectivity index (χ2v) is 5.33. The first-order valence-corrected chi connectivity index (χ1v) is 7.10. The molecule has 3 rings (SSSR count). The lowest BCUT2D eigenvalue weighted by Crippen LogP contribution is -2.07. The molecule has 1 heterocycles. The summed E-state index contributed by atoms with van der Waals surface area (Å²) in [6.45, 7) is 0.720. The summed E-state index contributed by atoms with van der Waals surface area (Å²) >= 11 is 0. The van der Waals surface area contributed by atoms with Crippen LogP contribution in [0, 0.1) is 5.92 Å². The van der Waals surface area contributed by atoms with Crippen LogP contribution >= 0.6 is 0 Å². The molecule has 1 aliphatic carbocycles. The van der Waals surface area contributed by atoms with Gasteiger partial charge in [0, 0.05) is 18.2 Å². The minimum atomic E-state index is 0.201. The molecule has 2 aromatic rings. The molecule has 0 aliphatic heterocycles. The first kappa shape index (κ1) is 13.1. The summed E-state index contributed by atoms with van der Waals surface area (Å²) in [5.74, 6) is 1.49. The molecule has 1 N–H and O–H groups in total. The highest BCUT2D eigenvalue weighted by Gasteiger charge is 2.31. The first-order chi connectivity index (χ1) is 9.86. The van der Waals surface area contributed by atoms with Crippen LogP contribution in [0.25, 0.3) is 0 Å². The number of pyridine rings is 1. The van der Waals surface area contributed by atoms with Gasteiger partial charge in [-0.1, -0.05) is 30.3 Å². The molecule has 3 heteroatoms. The number of aliphatic hydroxyl groups is 1. The van der Waals surface area contributed by atoms with Gasteiger partial charge in [-0.25, -0.2) is 4.98 Å². The Balaban J connectivity index is 1.68. The zero-order chi connectivity index (χ0) is 13.8. The highest BCUT2D eigenvalue weighted by Crippen LogP contribution is 2.42. The molecule has 1 saturated carbocycles. The normalized spacial score (nSPS) is 15.8. The lowest BCUT2D eigenvalue weighted by molar-refractivity contribution is 0.251. The maximum atomic E-state index is 9.53. The second-order valence-electron chi connectivity index (χ2n) is 5.33. The van der Waals surface area contributed by atoms with Gasteiger partial charge < -0.3 is 9.84 Å². The fraction of sp³-hybridized carbons (Fsp3) is 0.353. The average Bonchev–Trinajstić information content (AvgIpc) is 3.32. The van der Waals surface area contributed by atoms with Gasteiger partial charge in [0.05, 0.1) is 6.61 Å². The SMILES string of the molecule is OC[C@H](c1ccnc(OCc2ccccc2)c1)C1CC1. The molecule has 0 radical (unpaired) electrons. The van der Waals surface area contributed by atoms with E-state index in [0.29, 0.717) is 18.4 Å². The van der Waals surface area contributed by atoms with E-state index in [1.807, 2.05) is 42.5 Å². The lowest BCUT2D eigenvalue weighted by Gasteiger charge is -2.14. The number of aliphatic hydroxyl groups excluding tert-OH is 1. The third-order valence-corrected chi connectivity index (χ3v) is 3.80. The Hall–Kier alpha value is -1.87. The van der Waals surface area contributed by atoms with Crippen molar-refractivity contribution < 1.29 is 9.84 Å². The second kappa shape index (κ2) is 6.06. The van der Waals surface area contributed by atoms with E-state index in [4.69, 9.17) is 4.74 Å². The Kier molecular flexibility index (Phi) is 3.97. The Morgan fingerprint density at radius 1 is 1.20 bits per heavy atom. The summed E-state index contributed by atoms with van der Waals surface area (Å²) < 4.78 is 5.73. The molecule has 1 atom stereocenters. The van der Waals surface area contributed by atoms with Crippen LogP contribution in [-0.2, 0) is 6.61 Å². The predicted octanol–water partition coefficient (Wildman–Crippen LogP) is 3.15. The summed E-state index contributed by atoms with van der Waals surface area (Å²) in [5.41, 5.74) is 2.26. The van der Waals surface area contributed by atoms with Crippen molar-refractivity contribution in [2.24, 2.45) is 5.92 Å². The molecule has 0 amide bonds. The number of benzene rings is 1. The molecule has 1 aromatic heterocycles. The fourth-order valence-electron chi connectivity index (χ4n) is 2.49. The third-order valence-electron chi connectivity index (χ3n) is 3.80. The highest BCUT2D eigenvalue weighted by molar-refractivity contribution is 5.26. The van der Waals surface area contributed by atoms with Crippen molar-refractivity contribution in [2.45, 2.75) is 25.4 Å². The van der Waals surface area contributed by atoms with Crippen LogP contribution in [0.3, 0.4) is 0 Å². The van der Waals surface area contributed by atoms with Gasteiger partial charge in [0.15, 0.2) is 0 Å². The summed E-state index contributed by atoms with van der Waals surface area (Å²) in [7, 11) is 0. The van der Waals surface area contributed by atoms with Crippen molar-refractivity contribution >= 4 is 0 Å². The van der Waals surface area contributed by atoms with Crippen LogP contribution in [0.2, 0.25) is 0 Å². The van der Waals surface area contributed by atoms with Crippen LogP contribution in [0.5, 0.6) is 5.88 Å². The Bertz CT molecular complexity index is 552. The summed E-state index contributed by atoms with van der Waals surface area (Å²) in [6, 6.07) is 14.0. The van der Waals surface area contributed by atoms with Crippen molar-refractivity contribution in [2.75, 3.05) is 6.61 Å². The Morgan fingerprint density at radius 3 is 2.70 bits per heavy atom.